The van der Waals surface area contributed by atoms with Gasteiger partial charge in [-0.2, -0.15) is 0 Å². The molecule has 2 aromatic carbocycles. The molecule has 1 heterocycles. The van der Waals surface area contributed by atoms with Gasteiger partial charge in [0.1, 0.15) is 12.0 Å². The van der Waals surface area contributed by atoms with E-state index in [1.807, 2.05) is 31.2 Å². The summed E-state index contributed by atoms with van der Waals surface area (Å²) in [6.07, 6.45) is 3.70. The zero-order chi connectivity index (χ0) is 19.8. The predicted octanol–water partition coefficient (Wildman–Crippen LogP) is 4.77. The number of halogens is 1. The van der Waals surface area contributed by atoms with Gasteiger partial charge in [-0.15, -0.1) is 0 Å². The average Bonchev–Trinajstić information content (AvgIpc) is 2.72. The van der Waals surface area contributed by atoms with E-state index in [9.17, 15) is 9.18 Å². The van der Waals surface area contributed by atoms with E-state index in [0.717, 1.165) is 42.5 Å². The third-order valence-electron chi connectivity index (χ3n) is 5.04. The van der Waals surface area contributed by atoms with Gasteiger partial charge in [0, 0.05) is 13.1 Å². The lowest BCUT2D eigenvalue weighted by atomic mass is 10.0. The molecule has 1 unspecified atom stereocenters. The van der Waals surface area contributed by atoms with E-state index in [2.05, 4.69) is 4.90 Å². The Labute approximate surface area is 166 Å². The first kappa shape index (κ1) is 20.5. The molecule has 1 atom stereocenters. The maximum Gasteiger partial charge on any atom is 0.307 e. The molecule has 2 aromatic rings. The number of hydrogen-bond acceptors (Lipinski definition) is 4. The van der Waals surface area contributed by atoms with Crippen molar-refractivity contribution in [2.24, 2.45) is 0 Å². The summed E-state index contributed by atoms with van der Waals surface area (Å²) in [4.78, 5) is 13.9. The largest absolute Gasteiger partial charge is 0.466 e. The summed E-state index contributed by atoms with van der Waals surface area (Å²) >= 11 is 0. The molecule has 1 saturated heterocycles. The van der Waals surface area contributed by atoms with Crippen LogP contribution in [0.3, 0.4) is 0 Å². The summed E-state index contributed by atoms with van der Waals surface area (Å²) in [5, 5.41) is 0. The van der Waals surface area contributed by atoms with Gasteiger partial charge in [0.15, 0.2) is 0 Å². The maximum atomic E-state index is 13.1. The van der Waals surface area contributed by atoms with Crippen LogP contribution in [0.15, 0.2) is 48.5 Å². The van der Waals surface area contributed by atoms with E-state index < -0.39 is 0 Å². The molecule has 0 aromatic heterocycles. The van der Waals surface area contributed by atoms with Gasteiger partial charge in [-0.25, -0.2) is 4.39 Å². The summed E-state index contributed by atoms with van der Waals surface area (Å²) in [7, 11) is 0. The molecule has 28 heavy (non-hydrogen) atoms. The maximum absolute atomic E-state index is 13.1. The zero-order valence-electron chi connectivity index (χ0n) is 16.4. The summed E-state index contributed by atoms with van der Waals surface area (Å²) in [6.45, 7) is 4.41. The van der Waals surface area contributed by atoms with Gasteiger partial charge in [0.25, 0.3) is 0 Å². The first-order chi connectivity index (χ1) is 13.7. The molecular formula is C23H28FNO3. The van der Waals surface area contributed by atoms with Crippen molar-refractivity contribution in [1.82, 2.24) is 4.90 Å². The van der Waals surface area contributed by atoms with Gasteiger partial charge >= 0.3 is 5.97 Å². The van der Waals surface area contributed by atoms with Crippen LogP contribution >= 0.6 is 0 Å². The van der Waals surface area contributed by atoms with E-state index in [1.54, 1.807) is 12.1 Å². The van der Waals surface area contributed by atoms with Crippen molar-refractivity contribution in [1.29, 1.82) is 0 Å². The fourth-order valence-electron chi connectivity index (χ4n) is 3.50. The van der Waals surface area contributed by atoms with Gasteiger partial charge in [-0.05, 0) is 55.0 Å². The molecule has 3 rings (SSSR count). The minimum atomic E-state index is -0.228. The van der Waals surface area contributed by atoms with Crippen molar-refractivity contribution >= 4 is 5.97 Å². The fraction of sp³-hybridized carbons (Fsp3) is 0.435. The lowest BCUT2D eigenvalue weighted by molar-refractivity contribution is -0.145. The number of piperidine rings is 1. The molecular weight excluding hydrogens is 357 g/mol. The van der Waals surface area contributed by atoms with E-state index in [1.165, 1.54) is 12.1 Å². The summed E-state index contributed by atoms with van der Waals surface area (Å²) < 4.78 is 24.3. The van der Waals surface area contributed by atoms with Gasteiger partial charge < -0.3 is 9.47 Å². The number of carbonyl (C=O) groups excluding carboxylic acids is 1. The Morgan fingerprint density at radius 2 is 1.75 bits per heavy atom. The van der Waals surface area contributed by atoms with Crippen molar-refractivity contribution in [3.05, 3.63) is 59.9 Å². The first-order valence-electron chi connectivity index (χ1n) is 10.0. The van der Waals surface area contributed by atoms with Gasteiger partial charge in [0.2, 0.25) is 0 Å². The average molecular weight is 385 g/mol. The van der Waals surface area contributed by atoms with Gasteiger partial charge in [-0.3, -0.25) is 9.69 Å². The highest BCUT2D eigenvalue weighted by Crippen LogP contribution is 2.22. The number of ether oxygens (including phenoxy) is 2. The molecule has 0 bridgehead atoms. The zero-order valence-corrected chi connectivity index (χ0v) is 16.4. The lowest BCUT2D eigenvalue weighted by Crippen LogP contribution is -2.42. The minimum Gasteiger partial charge on any atom is -0.466 e. The van der Waals surface area contributed by atoms with E-state index in [-0.39, 0.29) is 18.0 Å². The van der Waals surface area contributed by atoms with Crippen molar-refractivity contribution in [3.8, 4) is 11.1 Å². The number of benzene rings is 2. The number of likely N-dealkylation sites (tertiary alicyclic amines) is 1. The Kier molecular flexibility index (Phi) is 7.57. The van der Waals surface area contributed by atoms with Crippen LogP contribution < -0.4 is 0 Å². The second-order valence-electron chi connectivity index (χ2n) is 7.06. The Hall–Kier alpha value is -2.24. The topological polar surface area (TPSA) is 38.8 Å². The smallest absolute Gasteiger partial charge is 0.307 e. The van der Waals surface area contributed by atoms with E-state index in [4.69, 9.17) is 9.47 Å². The first-order valence-corrected chi connectivity index (χ1v) is 10.0. The molecule has 0 N–H and O–H groups in total. The molecule has 1 fully saturated rings. The quantitative estimate of drug-likeness (QED) is 0.614. The normalized spacial score (nSPS) is 17.4. The number of hydrogen-bond donors (Lipinski definition) is 0. The number of nitrogens with zero attached hydrogens (tertiary/aromatic N) is 1. The number of rotatable bonds is 8. The minimum absolute atomic E-state index is 0.0416. The highest BCUT2D eigenvalue weighted by molar-refractivity contribution is 5.69. The molecule has 1 aliphatic heterocycles. The number of esters is 1. The second kappa shape index (κ2) is 10.3. The summed E-state index contributed by atoms with van der Waals surface area (Å²) in [6, 6.07) is 14.7. The van der Waals surface area contributed by atoms with Crippen LogP contribution in [-0.4, -0.2) is 36.8 Å². The predicted molar refractivity (Wildman–Crippen MR) is 107 cm³/mol. The van der Waals surface area contributed by atoms with Crippen molar-refractivity contribution < 1.29 is 18.7 Å². The van der Waals surface area contributed by atoms with Crippen LogP contribution in [0.4, 0.5) is 4.39 Å². The Bertz CT molecular complexity index is 745. The van der Waals surface area contributed by atoms with E-state index in [0.29, 0.717) is 26.2 Å². The second-order valence-corrected chi connectivity index (χ2v) is 7.06. The van der Waals surface area contributed by atoms with Crippen LogP contribution in [0.1, 0.15) is 38.2 Å². The molecule has 0 saturated carbocycles. The summed E-state index contributed by atoms with van der Waals surface area (Å²) in [5.41, 5.74) is 3.14. The van der Waals surface area contributed by atoms with Crippen LogP contribution in [0.25, 0.3) is 11.1 Å². The molecule has 0 spiro atoms. The Morgan fingerprint density at radius 1 is 1.07 bits per heavy atom. The number of carbonyl (C=O) groups is 1. The van der Waals surface area contributed by atoms with Crippen LogP contribution in [0, 0.1) is 5.82 Å². The monoisotopic (exact) mass is 385 g/mol. The lowest BCUT2D eigenvalue weighted by Gasteiger charge is -2.35. The molecule has 0 radical (unpaired) electrons. The van der Waals surface area contributed by atoms with Crippen molar-refractivity contribution in [2.75, 3.05) is 19.7 Å². The van der Waals surface area contributed by atoms with Gasteiger partial charge in [0.05, 0.1) is 19.6 Å². The third-order valence-corrected chi connectivity index (χ3v) is 5.04. The molecule has 5 heteroatoms. The Balaban J connectivity index is 1.53. The van der Waals surface area contributed by atoms with Crippen LogP contribution in [-0.2, 0) is 20.9 Å². The Morgan fingerprint density at radius 3 is 2.43 bits per heavy atom. The van der Waals surface area contributed by atoms with Crippen molar-refractivity contribution in [3.63, 3.8) is 0 Å². The molecule has 0 aliphatic carbocycles. The fourth-order valence-corrected chi connectivity index (χ4v) is 3.50. The van der Waals surface area contributed by atoms with Crippen LogP contribution in [0.5, 0.6) is 0 Å². The highest BCUT2D eigenvalue weighted by atomic mass is 19.1. The van der Waals surface area contributed by atoms with Crippen molar-refractivity contribution in [2.45, 2.75) is 45.4 Å². The molecule has 4 nitrogen and oxygen atoms in total. The van der Waals surface area contributed by atoms with Crippen LogP contribution in [0.2, 0.25) is 0 Å². The standard InChI is InChI=1S/C23H28FNO3/c1-2-27-23(26)14-16-25-15-4-3-5-22(25)28-17-18-6-8-19(9-7-18)20-10-12-21(24)13-11-20/h6-13,22H,2-5,14-17H2,1H3. The van der Waals surface area contributed by atoms with E-state index >= 15 is 0 Å². The molecule has 0 amide bonds. The molecule has 150 valence electrons. The summed E-state index contributed by atoms with van der Waals surface area (Å²) in [5.74, 6) is -0.378. The SMILES string of the molecule is CCOC(=O)CCN1CCCCC1OCc1ccc(-c2ccc(F)cc2)cc1. The van der Waals surface area contributed by atoms with Gasteiger partial charge in [-0.1, -0.05) is 36.4 Å². The molecule has 1 aliphatic rings. The third kappa shape index (κ3) is 5.88. The highest BCUT2D eigenvalue weighted by Gasteiger charge is 2.23.